The summed E-state index contributed by atoms with van der Waals surface area (Å²) in [4.78, 5) is 19.0. The summed E-state index contributed by atoms with van der Waals surface area (Å²) in [6, 6.07) is 6.99. The highest BCUT2D eigenvalue weighted by atomic mass is 19.4. The molecule has 0 unspecified atom stereocenters. The number of ether oxygens (including phenoxy) is 1. The van der Waals surface area contributed by atoms with Crippen LogP contribution in [0.15, 0.2) is 36.7 Å². The average molecular weight is 407 g/mol. The third-order valence-corrected chi connectivity index (χ3v) is 4.28. The van der Waals surface area contributed by atoms with Crippen molar-refractivity contribution in [1.82, 2.24) is 19.7 Å². The summed E-state index contributed by atoms with van der Waals surface area (Å²) >= 11 is 0. The van der Waals surface area contributed by atoms with E-state index in [2.05, 4.69) is 19.8 Å². The van der Waals surface area contributed by atoms with Crippen LogP contribution in [0.5, 0.6) is 0 Å². The highest BCUT2D eigenvalue weighted by Gasteiger charge is 2.38. The molecule has 1 aromatic carbocycles. The number of hydrogen-bond acceptors (Lipinski definition) is 5. The Bertz CT molecular complexity index is 987. The highest BCUT2D eigenvalue weighted by molar-refractivity contribution is 5.77. The molecule has 0 bridgehead atoms. The number of nitrogens with zero attached hydrogens (tertiary/aromatic N) is 4. The summed E-state index contributed by atoms with van der Waals surface area (Å²) in [5.41, 5.74) is 5.06. The molecule has 3 rings (SSSR count). The van der Waals surface area contributed by atoms with Crippen LogP contribution in [0.25, 0.3) is 22.3 Å². The second-order valence-corrected chi connectivity index (χ2v) is 6.48. The quantitative estimate of drug-likeness (QED) is 0.566. The van der Waals surface area contributed by atoms with Gasteiger partial charge in [0, 0.05) is 12.7 Å². The number of amides is 1. The molecule has 0 spiro atoms. The van der Waals surface area contributed by atoms with Crippen molar-refractivity contribution in [3.05, 3.63) is 42.4 Å². The SMILES string of the molecule is NC(=O)OCCCCCCn1cc(-c2cnc3ccccc3n2)c(C(F)(F)F)n1. The fourth-order valence-corrected chi connectivity index (χ4v) is 2.92. The number of carbonyl (C=O) groups is 1. The van der Waals surface area contributed by atoms with Gasteiger partial charge in [0.1, 0.15) is 0 Å². The molecule has 0 fully saturated rings. The van der Waals surface area contributed by atoms with Gasteiger partial charge in [-0.05, 0) is 31.4 Å². The van der Waals surface area contributed by atoms with E-state index in [9.17, 15) is 18.0 Å². The molecule has 2 N–H and O–H groups in total. The zero-order valence-electron chi connectivity index (χ0n) is 15.5. The van der Waals surface area contributed by atoms with Crippen LogP contribution >= 0.6 is 0 Å². The van der Waals surface area contributed by atoms with Gasteiger partial charge in [0.15, 0.2) is 5.69 Å². The van der Waals surface area contributed by atoms with Crippen LogP contribution < -0.4 is 5.73 Å². The lowest BCUT2D eigenvalue weighted by Gasteiger charge is -2.06. The van der Waals surface area contributed by atoms with Crippen molar-refractivity contribution in [2.75, 3.05) is 6.61 Å². The summed E-state index contributed by atoms with van der Waals surface area (Å²) in [7, 11) is 0. The Hall–Kier alpha value is -3.17. The number of halogens is 3. The van der Waals surface area contributed by atoms with Gasteiger partial charge in [-0.15, -0.1) is 0 Å². The van der Waals surface area contributed by atoms with Gasteiger partial charge in [0.2, 0.25) is 0 Å². The fraction of sp³-hybridized carbons (Fsp3) is 0.368. The van der Waals surface area contributed by atoms with Crippen LogP contribution in [0.2, 0.25) is 0 Å². The van der Waals surface area contributed by atoms with Crippen molar-refractivity contribution in [3.8, 4) is 11.3 Å². The van der Waals surface area contributed by atoms with Crippen molar-refractivity contribution in [2.45, 2.75) is 38.4 Å². The van der Waals surface area contributed by atoms with Crippen LogP contribution in [0.1, 0.15) is 31.4 Å². The zero-order valence-corrected chi connectivity index (χ0v) is 15.5. The standard InChI is InChI=1S/C19H20F3N5O2/c20-19(21,22)17-13(16-11-24-14-7-3-4-8-15(14)25-16)12-27(26-17)9-5-1-2-6-10-29-18(23)28/h3-4,7-8,11-12H,1-2,5-6,9-10H2,(H2,23,28). The first-order valence-electron chi connectivity index (χ1n) is 9.13. The van der Waals surface area contributed by atoms with E-state index < -0.39 is 18.0 Å². The van der Waals surface area contributed by atoms with Crippen molar-refractivity contribution in [1.29, 1.82) is 0 Å². The predicted octanol–water partition coefficient (Wildman–Crippen LogP) is 4.17. The number of unbranched alkanes of at least 4 members (excludes halogenated alkanes) is 3. The Labute approximate surface area is 164 Å². The van der Waals surface area contributed by atoms with Gasteiger partial charge in [-0.2, -0.15) is 18.3 Å². The molecule has 2 aromatic heterocycles. The fourth-order valence-electron chi connectivity index (χ4n) is 2.92. The first-order chi connectivity index (χ1) is 13.8. The number of para-hydroxylation sites is 2. The molecular formula is C19H20F3N5O2. The maximum Gasteiger partial charge on any atom is 0.435 e. The number of alkyl halides is 3. The lowest BCUT2D eigenvalue weighted by atomic mass is 10.1. The monoisotopic (exact) mass is 407 g/mol. The molecule has 3 aromatic rings. The second-order valence-electron chi connectivity index (χ2n) is 6.48. The van der Waals surface area contributed by atoms with Gasteiger partial charge in [0.05, 0.1) is 35.1 Å². The van der Waals surface area contributed by atoms with E-state index >= 15 is 0 Å². The Balaban J connectivity index is 1.70. The van der Waals surface area contributed by atoms with Crippen LogP contribution in [0.4, 0.5) is 18.0 Å². The predicted molar refractivity (Wildman–Crippen MR) is 99.8 cm³/mol. The van der Waals surface area contributed by atoms with Crippen LogP contribution in [0.3, 0.4) is 0 Å². The van der Waals surface area contributed by atoms with E-state index in [1.165, 1.54) is 17.1 Å². The number of hydrogen-bond donors (Lipinski definition) is 1. The van der Waals surface area contributed by atoms with E-state index in [1.54, 1.807) is 24.3 Å². The summed E-state index contributed by atoms with van der Waals surface area (Å²) < 4.78 is 46.3. The van der Waals surface area contributed by atoms with E-state index in [0.717, 1.165) is 12.8 Å². The zero-order chi connectivity index (χ0) is 20.9. The Morgan fingerprint density at radius 3 is 2.55 bits per heavy atom. The Kier molecular flexibility index (Phi) is 6.30. The first-order valence-corrected chi connectivity index (χ1v) is 9.13. The van der Waals surface area contributed by atoms with Gasteiger partial charge < -0.3 is 10.5 Å². The van der Waals surface area contributed by atoms with E-state index in [1.807, 2.05) is 0 Å². The van der Waals surface area contributed by atoms with Gasteiger partial charge >= 0.3 is 12.3 Å². The van der Waals surface area contributed by atoms with E-state index in [0.29, 0.717) is 30.4 Å². The second kappa shape index (κ2) is 8.89. The average Bonchev–Trinajstić information content (AvgIpc) is 3.11. The number of primary amides is 1. The van der Waals surface area contributed by atoms with E-state index in [-0.39, 0.29) is 17.9 Å². The Morgan fingerprint density at radius 1 is 1.10 bits per heavy atom. The number of benzene rings is 1. The molecular weight excluding hydrogens is 387 g/mol. The highest BCUT2D eigenvalue weighted by Crippen LogP contribution is 2.35. The van der Waals surface area contributed by atoms with Crippen LogP contribution in [0, 0.1) is 0 Å². The molecule has 0 saturated carbocycles. The number of carbonyl (C=O) groups excluding carboxylic acids is 1. The number of aryl methyl sites for hydroxylation is 1. The number of aromatic nitrogens is 4. The molecule has 29 heavy (non-hydrogen) atoms. The third kappa shape index (κ3) is 5.43. The van der Waals surface area contributed by atoms with Crippen molar-refractivity contribution >= 4 is 17.1 Å². The molecule has 10 heteroatoms. The minimum atomic E-state index is -4.60. The Morgan fingerprint density at radius 2 is 1.83 bits per heavy atom. The number of rotatable bonds is 8. The van der Waals surface area contributed by atoms with Gasteiger partial charge in [0.25, 0.3) is 0 Å². The maximum atomic E-state index is 13.5. The summed E-state index contributed by atoms with van der Waals surface area (Å²) in [5.74, 6) is 0. The third-order valence-electron chi connectivity index (χ3n) is 4.28. The number of nitrogens with two attached hydrogens (primary N) is 1. The number of fused-ring (bicyclic) bond motifs is 1. The molecule has 0 aliphatic rings. The van der Waals surface area contributed by atoms with Gasteiger partial charge in [-0.25, -0.2) is 9.78 Å². The van der Waals surface area contributed by atoms with Gasteiger partial charge in [-0.1, -0.05) is 18.6 Å². The molecule has 0 saturated heterocycles. The minimum absolute atomic E-state index is 0.0920. The van der Waals surface area contributed by atoms with E-state index in [4.69, 9.17) is 5.73 Å². The summed E-state index contributed by atoms with van der Waals surface area (Å²) in [5, 5.41) is 3.73. The molecule has 154 valence electrons. The smallest absolute Gasteiger partial charge is 0.435 e. The van der Waals surface area contributed by atoms with Crippen LogP contribution in [-0.2, 0) is 17.5 Å². The van der Waals surface area contributed by atoms with Gasteiger partial charge in [-0.3, -0.25) is 9.67 Å². The van der Waals surface area contributed by atoms with Crippen molar-refractivity contribution in [2.24, 2.45) is 5.73 Å². The molecule has 0 aliphatic heterocycles. The largest absolute Gasteiger partial charge is 0.450 e. The lowest BCUT2D eigenvalue weighted by molar-refractivity contribution is -0.141. The molecule has 2 heterocycles. The topological polar surface area (TPSA) is 95.9 Å². The van der Waals surface area contributed by atoms with Crippen LogP contribution in [-0.4, -0.2) is 32.4 Å². The minimum Gasteiger partial charge on any atom is -0.450 e. The molecule has 0 atom stereocenters. The summed E-state index contributed by atoms with van der Waals surface area (Å²) in [6.07, 6.45) is 0.0882. The molecule has 0 aliphatic carbocycles. The first kappa shape index (κ1) is 20.6. The van der Waals surface area contributed by atoms with Crippen molar-refractivity contribution < 1.29 is 22.7 Å². The lowest BCUT2D eigenvalue weighted by Crippen LogP contribution is -2.13. The molecule has 0 radical (unpaired) electrons. The maximum absolute atomic E-state index is 13.5. The normalized spacial score (nSPS) is 11.7. The molecule has 1 amide bonds. The molecule has 7 nitrogen and oxygen atoms in total. The summed E-state index contributed by atoms with van der Waals surface area (Å²) in [6.45, 7) is 0.570. The van der Waals surface area contributed by atoms with Crippen molar-refractivity contribution in [3.63, 3.8) is 0 Å².